The number of rotatable bonds is 9. The van der Waals surface area contributed by atoms with Gasteiger partial charge in [-0.15, -0.1) is 0 Å². The number of carbonyl (C=O) groups is 5. The molecule has 202 valence electrons. The lowest BCUT2D eigenvalue weighted by Gasteiger charge is -2.37. The lowest BCUT2D eigenvalue weighted by molar-refractivity contribution is -0.144. The molecule has 1 aromatic heterocycles. The molecule has 2 aromatic rings. The monoisotopic (exact) mass is 522 g/mol. The Morgan fingerprint density at radius 2 is 1.84 bits per heavy atom. The molecule has 2 heterocycles. The Kier molecular flexibility index (Phi) is 8.38. The van der Waals surface area contributed by atoms with Crippen molar-refractivity contribution in [2.45, 2.75) is 76.5 Å². The van der Waals surface area contributed by atoms with Crippen LogP contribution in [0.2, 0.25) is 0 Å². The van der Waals surface area contributed by atoms with Gasteiger partial charge in [0.05, 0.1) is 12.5 Å². The quantitative estimate of drug-likeness (QED) is 0.428. The Morgan fingerprint density at radius 3 is 2.55 bits per heavy atom. The van der Waals surface area contributed by atoms with Gasteiger partial charge in [0.2, 0.25) is 11.8 Å². The average molecular weight is 523 g/mol. The summed E-state index contributed by atoms with van der Waals surface area (Å²) >= 11 is 0. The van der Waals surface area contributed by atoms with E-state index in [0.29, 0.717) is 18.1 Å². The van der Waals surface area contributed by atoms with Crippen LogP contribution in [0, 0.1) is 11.8 Å². The van der Waals surface area contributed by atoms with E-state index in [1.54, 1.807) is 17.2 Å². The number of amides is 3. The molecular formula is C28H34N4O6. The lowest BCUT2D eigenvalue weighted by atomic mass is 9.84. The van der Waals surface area contributed by atoms with E-state index >= 15 is 0 Å². The first kappa shape index (κ1) is 27.2. The molecule has 1 aliphatic carbocycles. The Labute approximate surface area is 221 Å². The average Bonchev–Trinajstić information content (AvgIpc) is 3.30. The van der Waals surface area contributed by atoms with Gasteiger partial charge in [0, 0.05) is 17.6 Å². The largest absolute Gasteiger partial charge is 0.481 e. The van der Waals surface area contributed by atoms with Gasteiger partial charge < -0.3 is 25.4 Å². The number of likely N-dealkylation sites (tertiary alicyclic amines) is 1. The molecule has 3 N–H and O–H groups in total. The molecule has 0 radical (unpaired) electrons. The second kappa shape index (κ2) is 11.7. The highest BCUT2D eigenvalue weighted by molar-refractivity contribution is 6.06. The molecule has 4 rings (SSSR count). The molecule has 3 amide bonds. The van der Waals surface area contributed by atoms with Crippen molar-refractivity contribution in [1.29, 1.82) is 0 Å². The minimum atomic E-state index is -1.21. The van der Waals surface area contributed by atoms with E-state index in [2.05, 4.69) is 15.6 Å². The van der Waals surface area contributed by atoms with Gasteiger partial charge in [0.25, 0.3) is 5.91 Å². The molecule has 0 spiro atoms. The predicted molar refractivity (Wildman–Crippen MR) is 139 cm³/mol. The van der Waals surface area contributed by atoms with Gasteiger partial charge in [-0.05, 0) is 42.6 Å². The maximum Gasteiger partial charge on any atom is 0.305 e. The number of carboxylic acid groups (broad SMARTS) is 1. The Bertz CT molecular complexity index is 1230. The van der Waals surface area contributed by atoms with Gasteiger partial charge in [-0.25, -0.2) is 0 Å². The molecule has 10 nitrogen and oxygen atoms in total. The van der Waals surface area contributed by atoms with E-state index in [1.165, 1.54) is 0 Å². The number of nitrogens with zero attached hydrogens (tertiary/aromatic N) is 2. The number of fused-ring (bicyclic) bond motifs is 2. The summed E-state index contributed by atoms with van der Waals surface area (Å²) in [7, 11) is 0. The van der Waals surface area contributed by atoms with E-state index in [-0.39, 0.29) is 29.5 Å². The number of pyridine rings is 1. The van der Waals surface area contributed by atoms with Crippen LogP contribution in [0.5, 0.6) is 0 Å². The minimum absolute atomic E-state index is 0.126. The highest BCUT2D eigenvalue weighted by atomic mass is 16.4. The molecular weight excluding hydrogens is 488 g/mol. The third-order valence-corrected chi connectivity index (χ3v) is 7.64. The van der Waals surface area contributed by atoms with Crippen molar-refractivity contribution in [3.05, 3.63) is 42.2 Å². The number of benzene rings is 1. The fourth-order valence-electron chi connectivity index (χ4n) is 5.80. The molecule has 1 aromatic carbocycles. The number of hydrogen-bond donors (Lipinski definition) is 3. The Hall–Kier alpha value is -3.82. The number of carbonyl (C=O) groups excluding carboxylic acids is 4. The van der Waals surface area contributed by atoms with Crippen LogP contribution in [-0.2, 0) is 19.2 Å². The second-order valence-electron chi connectivity index (χ2n) is 10.5. The molecule has 38 heavy (non-hydrogen) atoms. The summed E-state index contributed by atoms with van der Waals surface area (Å²) in [5, 5.41) is 16.0. The molecule has 2 aliphatic rings. The molecule has 1 saturated carbocycles. The van der Waals surface area contributed by atoms with Crippen LogP contribution in [-0.4, -0.2) is 69.1 Å². The van der Waals surface area contributed by atoms with E-state index in [9.17, 15) is 24.0 Å². The standard InChI is InChI=1S/C28H34N4O6/c1-16(2)24(31-27(37)25-20-9-5-3-7-17(20)11-12-29-25)28(38)32-21-10-6-4-8-18(21)13-22(32)26(36)30-19(15-33)14-23(34)35/h3,5,7,9,11-12,15-16,18-19,21-22,24H,4,6,8,10,13-14H2,1-2H3,(H,30,36)(H,31,37)(H,34,35). The summed E-state index contributed by atoms with van der Waals surface area (Å²) in [4.78, 5) is 69.1. The smallest absolute Gasteiger partial charge is 0.305 e. The number of nitrogens with one attached hydrogen (secondary N) is 2. The van der Waals surface area contributed by atoms with Crippen LogP contribution >= 0.6 is 0 Å². The first-order chi connectivity index (χ1) is 18.2. The molecule has 0 bridgehead atoms. The topological polar surface area (TPSA) is 146 Å². The van der Waals surface area contributed by atoms with Crippen LogP contribution < -0.4 is 10.6 Å². The summed E-state index contributed by atoms with van der Waals surface area (Å²) < 4.78 is 0. The normalized spacial score (nSPS) is 22.4. The van der Waals surface area contributed by atoms with E-state index in [0.717, 1.165) is 31.1 Å². The Balaban J connectivity index is 1.60. The zero-order valence-electron chi connectivity index (χ0n) is 21.6. The molecule has 5 unspecified atom stereocenters. The molecule has 10 heteroatoms. The van der Waals surface area contributed by atoms with E-state index < -0.39 is 42.3 Å². The van der Waals surface area contributed by atoms with Crippen LogP contribution in [0.25, 0.3) is 10.8 Å². The van der Waals surface area contributed by atoms with Crippen LogP contribution in [0.15, 0.2) is 36.5 Å². The van der Waals surface area contributed by atoms with Crippen LogP contribution in [0.3, 0.4) is 0 Å². The predicted octanol–water partition coefficient (Wildman–Crippen LogP) is 2.31. The Morgan fingerprint density at radius 1 is 1.11 bits per heavy atom. The van der Waals surface area contributed by atoms with Gasteiger partial charge in [-0.2, -0.15) is 0 Å². The summed E-state index contributed by atoms with van der Waals surface area (Å²) in [5.41, 5.74) is 0.218. The van der Waals surface area contributed by atoms with Crippen molar-refractivity contribution in [2.75, 3.05) is 0 Å². The van der Waals surface area contributed by atoms with E-state index in [4.69, 9.17) is 5.11 Å². The summed E-state index contributed by atoms with van der Waals surface area (Å²) in [6.07, 6.45) is 5.40. The van der Waals surface area contributed by atoms with Crippen LogP contribution in [0.4, 0.5) is 0 Å². The third-order valence-electron chi connectivity index (χ3n) is 7.64. The van der Waals surface area contributed by atoms with Gasteiger partial charge in [-0.3, -0.25) is 24.2 Å². The SMILES string of the molecule is CC(C)C(NC(=O)c1nccc2ccccc12)C(=O)N1C(C(=O)NC(C=O)CC(=O)O)CC2CCCCC21. The number of aldehydes is 1. The summed E-state index contributed by atoms with van der Waals surface area (Å²) in [5.74, 6) is -2.74. The highest BCUT2D eigenvalue weighted by Crippen LogP contribution is 2.40. The second-order valence-corrected chi connectivity index (χ2v) is 10.5. The van der Waals surface area contributed by atoms with Gasteiger partial charge in [-0.1, -0.05) is 51.0 Å². The third kappa shape index (κ3) is 5.69. The van der Waals surface area contributed by atoms with Crippen molar-refractivity contribution in [3.63, 3.8) is 0 Å². The summed E-state index contributed by atoms with van der Waals surface area (Å²) in [6.45, 7) is 3.66. The van der Waals surface area contributed by atoms with Crippen molar-refractivity contribution in [1.82, 2.24) is 20.5 Å². The van der Waals surface area contributed by atoms with Crippen molar-refractivity contribution in [3.8, 4) is 0 Å². The maximum absolute atomic E-state index is 14.1. The summed E-state index contributed by atoms with van der Waals surface area (Å²) in [6, 6.07) is 6.09. The minimum Gasteiger partial charge on any atom is -0.481 e. The van der Waals surface area contributed by atoms with E-state index in [1.807, 2.05) is 38.1 Å². The highest BCUT2D eigenvalue weighted by Gasteiger charge is 2.49. The zero-order valence-corrected chi connectivity index (χ0v) is 21.6. The fourth-order valence-corrected chi connectivity index (χ4v) is 5.80. The molecule has 1 saturated heterocycles. The first-order valence-electron chi connectivity index (χ1n) is 13.2. The molecule has 1 aliphatic heterocycles. The molecule has 5 atom stereocenters. The molecule has 2 fully saturated rings. The van der Waals surface area contributed by atoms with Gasteiger partial charge in [0.1, 0.15) is 24.1 Å². The number of aliphatic carboxylic acids is 1. The van der Waals surface area contributed by atoms with Crippen molar-refractivity contribution in [2.24, 2.45) is 11.8 Å². The van der Waals surface area contributed by atoms with Gasteiger partial charge in [0.15, 0.2) is 0 Å². The number of aromatic nitrogens is 1. The number of carboxylic acids is 1. The zero-order chi connectivity index (χ0) is 27.4. The van der Waals surface area contributed by atoms with Crippen LogP contribution in [0.1, 0.15) is 62.9 Å². The fraction of sp³-hybridized carbons (Fsp3) is 0.500. The first-order valence-corrected chi connectivity index (χ1v) is 13.2. The van der Waals surface area contributed by atoms with Gasteiger partial charge >= 0.3 is 5.97 Å². The lowest BCUT2D eigenvalue weighted by Crippen LogP contribution is -2.58. The number of hydrogen-bond acceptors (Lipinski definition) is 6. The van der Waals surface area contributed by atoms with Crippen molar-refractivity contribution >= 4 is 40.7 Å². The van der Waals surface area contributed by atoms with Crippen molar-refractivity contribution < 1.29 is 29.1 Å². The maximum atomic E-state index is 14.1.